The number of amides is 1. The monoisotopic (exact) mass is 286 g/mol. The number of fused-ring (bicyclic) bond motifs is 1. The summed E-state index contributed by atoms with van der Waals surface area (Å²) in [4.78, 5) is 16.6. The molecule has 6 heteroatoms. The summed E-state index contributed by atoms with van der Waals surface area (Å²) in [6, 6.07) is 7.40. The Morgan fingerprint density at radius 1 is 1.48 bits per heavy atom. The minimum absolute atomic E-state index is 0.107. The number of benzene rings is 1. The fourth-order valence-electron chi connectivity index (χ4n) is 2.06. The Morgan fingerprint density at radius 2 is 2.24 bits per heavy atom. The lowest BCUT2D eigenvalue weighted by Gasteiger charge is -2.25. The van der Waals surface area contributed by atoms with Crippen LogP contribution < -0.4 is 11.1 Å². The second-order valence-corrected chi connectivity index (χ2v) is 5.03. The predicted molar refractivity (Wildman–Crippen MR) is 82.2 cm³/mol. The second-order valence-electron chi connectivity index (χ2n) is 5.03. The number of nitrogens with two attached hydrogens (primary N) is 1. The Bertz CT molecular complexity index is 694. The number of aromatic nitrogens is 1. The molecule has 1 aromatic heterocycles. The fraction of sp³-hybridized carbons (Fsp3) is 0.267. The van der Waals surface area contributed by atoms with Gasteiger partial charge in [-0.2, -0.15) is 0 Å². The van der Waals surface area contributed by atoms with Crippen molar-refractivity contribution in [2.75, 3.05) is 5.32 Å². The third-order valence-corrected chi connectivity index (χ3v) is 3.81. The van der Waals surface area contributed by atoms with Crippen molar-refractivity contribution in [3.63, 3.8) is 0 Å². The van der Waals surface area contributed by atoms with Gasteiger partial charge in [-0.05, 0) is 25.5 Å². The molecule has 0 saturated carbocycles. The van der Waals surface area contributed by atoms with E-state index in [-0.39, 0.29) is 11.7 Å². The Balaban J connectivity index is 2.38. The van der Waals surface area contributed by atoms with Crippen LogP contribution in [0.1, 0.15) is 20.3 Å². The van der Waals surface area contributed by atoms with Crippen LogP contribution in [0.5, 0.6) is 0 Å². The van der Waals surface area contributed by atoms with Gasteiger partial charge in [-0.25, -0.2) is 0 Å². The largest absolute Gasteiger partial charge is 0.409 e. The molecule has 1 aromatic carbocycles. The van der Waals surface area contributed by atoms with Gasteiger partial charge in [-0.1, -0.05) is 24.2 Å². The molecule has 0 fully saturated rings. The van der Waals surface area contributed by atoms with Crippen LogP contribution in [-0.4, -0.2) is 21.9 Å². The number of hydrogen-bond donors (Lipinski definition) is 3. The lowest BCUT2D eigenvalue weighted by Crippen LogP contribution is -2.44. The molecule has 0 spiro atoms. The van der Waals surface area contributed by atoms with E-state index in [0.717, 1.165) is 10.8 Å². The minimum atomic E-state index is -1.07. The number of anilines is 1. The highest BCUT2D eigenvalue weighted by molar-refractivity contribution is 6.13. The number of hydrogen-bond acceptors (Lipinski definition) is 4. The molecule has 21 heavy (non-hydrogen) atoms. The summed E-state index contributed by atoms with van der Waals surface area (Å²) in [5.74, 6) is -0.422. The number of amidine groups is 1. The number of carbonyl (C=O) groups excluding carboxylic acids is 1. The molecular formula is C15H18N4O2. The predicted octanol–water partition coefficient (Wildman–Crippen LogP) is 2.34. The molecule has 2 aromatic rings. The van der Waals surface area contributed by atoms with Crippen molar-refractivity contribution in [2.24, 2.45) is 16.3 Å². The van der Waals surface area contributed by atoms with Crippen LogP contribution >= 0.6 is 0 Å². The van der Waals surface area contributed by atoms with Gasteiger partial charge in [0, 0.05) is 28.9 Å². The van der Waals surface area contributed by atoms with Crippen LogP contribution in [0.25, 0.3) is 10.8 Å². The van der Waals surface area contributed by atoms with Crippen LogP contribution in [0, 0.1) is 5.41 Å². The SMILES string of the molecule is CCC(C)(C(=O)Nc1cccc2cnccc12)/C(N)=N/O. The fourth-order valence-corrected chi connectivity index (χ4v) is 2.06. The first-order chi connectivity index (χ1) is 10.0. The van der Waals surface area contributed by atoms with E-state index in [1.807, 2.05) is 31.2 Å². The van der Waals surface area contributed by atoms with Crippen LogP contribution in [0.3, 0.4) is 0 Å². The van der Waals surface area contributed by atoms with E-state index in [4.69, 9.17) is 10.9 Å². The van der Waals surface area contributed by atoms with E-state index in [0.29, 0.717) is 12.1 Å². The highest BCUT2D eigenvalue weighted by Crippen LogP contribution is 2.27. The van der Waals surface area contributed by atoms with Crippen molar-refractivity contribution < 1.29 is 10.0 Å². The Morgan fingerprint density at radius 3 is 2.90 bits per heavy atom. The van der Waals surface area contributed by atoms with Gasteiger partial charge in [-0.3, -0.25) is 9.78 Å². The molecule has 1 unspecified atom stereocenters. The van der Waals surface area contributed by atoms with Crippen LogP contribution in [-0.2, 0) is 4.79 Å². The molecule has 6 nitrogen and oxygen atoms in total. The molecule has 4 N–H and O–H groups in total. The van der Waals surface area contributed by atoms with Crippen molar-refractivity contribution in [1.82, 2.24) is 4.98 Å². The van der Waals surface area contributed by atoms with Gasteiger partial charge in [0.25, 0.3) is 0 Å². The zero-order chi connectivity index (χ0) is 15.5. The summed E-state index contributed by atoms with van der Waals surface area (Å²) in [6.07, 6.45) is 3.81. The van der Waals surface area contributed by atoms with Crippen LogP contribution in [0.15, 0.2) is 41.8 Å². The summed E-state index contributed by atoms with van der Waals surface area (Å²) in [5.41, 5.74) is 5.26. The topological polar surface area (TPSA) is 101 Å². The maximum atomic E-state index is 12.5. The maximum absolute atomic E-state index is 12.5. The van der Waals surface area contributed by atoms with E-state index in [1.54, 1.807) is 19.3 Å². The average molecular weight is 286 g/mol. The Hall–Kier alpha value is -2.63. The zero-order valence-corrected chi connectivity index (χ0v) is 12.0. The van der Waals surface area contributed by atoms with E-state index >= 15 is 0 Å². The van der Waals surface area contributed by atoms with Crippen molar-refractivity contribution in [3.8, 4) is 0 Å². The highest BCUT2D eigenvalue weighted by atomic mass is 16.4. The number of carbonyl (C=O) groups is 1. The summed E-state index contributed by atoms with van der Waals surface area (Å²) in [5, 5.41) is 16.5. The number of nitrogens with one attached hydrogen (secondary N) is 1. The van der Waals surface area contributed by atoms with Crippen molar-refractivity contribution in [1.29, 1.82) is 0 Å². The first-order valence-corrected chi connectivity index (χ1v) is 6.65. The standard InChI is InChI=1S/C15H18N4O2/c1-3-15(2,13(16)19-21)14(20)18-12-6-4-5-10-9-17-8-7-11(10)12/h4-9,21H,3H2,1-2H3,(H2,16,19)(H,18,20). The lowest BCUT2D eigenvalue weighted by atomic mass is 9.85. The van der Waals surface area contributed by atoms with Gasteiger partial charge in [0.1, 0.15) is 5.41 Å². The van der Waals surface area contributed by atoms with Gasteiger partial charge in [-0.15, -0.1) is 0 Å². The molecule has 2 rings (SSSR count). The smallest absolute Gasteiger partial charge is 0.238 e. The van der Waals surface area contributed by atoms with Crippen molar-refractivity contribution in [3.05, 3.63) is 36.7 Å². The number of nitrogens with zero attached hydrogens (tertiary/aromatic N) is 2. The van der Waals surface area contributed by atoms with E-state index in [1.165, 1.54) is 0 Å². The second kappa shape index (κ2) is 5.78. The molecule has 1 heterocycles. The summed E-state index contributed by atoms with van der Waals surface area (Å²) >= 11 is 0. The first-order valence-electron chi connectivity index (χ1n) is 6.65. The molecular weight excluding hydrogens is 268 g/mol. The Labute approximate surface area is 122 Å². The highest BCUT2D eigenvalue weighted by Gasteiger charge is 2.36. The Kier molecular flexibility index (Phi) is 4.07. The third kappa shape index (κ3) is 2.65. The van der Waals surface area contributed by atoms with Crippen molar-refractivity contribution in [2.45, 2.75) is 20.3 Å². The molecule has 0 aliphatic heterocycles. The van der Waals surface area contributed by atoms with Gasteiger partial charge in [0.15, 0.2) is 5.84 Å². The molecule has 110 valence electrons. The molecule has 0 radical (unpaired) electrons. The van der Waals surface area contributed by atoms with Gasteiger partial charge in [0.2, 0.25) is 5.91 Å². The zero-order valence-electron chi connectivity index (χ0n) is 12.0. The normalized spacial score (nSPS) is 14.7. The molecule has 0 aliphatic rings. The lowest BCUT2D eigenvalue weighted by molar-refractivity contribution is -0.121. The quantitative estimate of drug-likeness (QED) is 0.347. The van der Waals surface area contributed by atoms with Gasteiger partial charge < -0.3 is 16.3 Å². The maximum Gasteiger partial charge on any atom is 0.238 e. The van der Waals surface area contributed by atoms with E-state index in [9.17, 15) is 4.79 Å². The molecule has 0 saturated heterocycles. The van der Waals surface area contributed by atoms with Gasteiger partial charge in [0.05, 0.1) is 0 Å². The first kappa shape index (κ1) is 14.8. The van der Waals surface area contributed by atoms with E-state index in [2.05, 4.69) is 15.5 Å². The minimum Gasteiger partial charge on any atom is -0.409 e. The summed E-state index contributed by atoms with van der Waals surface area (Å²) in [6.45, 7) is 3.45. The number of rotatable bonds is 4. The van der Waals surface area contributed by atoms with Crippen molar-refractivity contribution >= 4 is 28.2 Å². The molecule has 0 bridgehead atoms. The number of pyridine rings is 1. The summed E-state index contributed by atoms with van der Waals surface area (Å²) < 4.78 is 0. The number of oxime groups is 1. The van der Waals surface area contributed by atoms with Crippen LogP contribution in [0.2, 0.25) is 0 Å². The molecule has 0 aliphatic carbocycles. The summed E-state index contributed by atoms with van der Waals surface area (Å²) in [7, 11) is 0. The van der Waals surface area contributed by atoms with E-state index < -0.39 is 5.41 Å². The molecule has 1 amide bonds. The van der Waals surface area contributed by atoms with Gasteiger partial charge >= 0.3 is 0 Å². The molecule has 1 atom stereocenters. The third-order valence-electron chi connectivity index (χ3n) is 3.81. The van der Waals surface area contributed by atoms with Crippen LogP contribution in [0.4, 0.5) is 5.69 Å². The average Bonchev–Trinajstić information content (AvgIpc) is 2.53.